The predicted molar refractivity (Wildman–Crippen MR) is 200 cm³/mol. The number of fused-ring (bicyclic) bond motifs is 1. The van der Waals surface area contributed by atoms with Crippen molar-refractivity contribution >= 4 is 22.9 Å². The first-order valence-electron chi connectivity index (χ1n) is 18.1. The molecule has 0 spiro atoms. The Morgan fingerprint density at radius 1 is 0.923 bits per heavy atom. The van der Waals surface area contributed by atoms with Crippen LogP contribution in [0.3, 0.4) is 0 Å². The van der Waals surface area contributed by atoms with Crippen molar-refractivity contribution in [2.75, 3.05) is 52.4 Å². The van der Waals surface area contributed by atoms with Crippen LogP contribution in [-0.4, -0.2) is 84.3 Å². The molecule has 2 aliphatic heterocycles. The Morgan fingerprint density at radius 2 is 1.63 bits per heavy atom. The normalized spacial score (nSPS) is 18.3. The number of hydrogen-bond acceptors (Lipinski definition) is 9. The highest BCUT2D eigenvalue weighted by atomic mass is 16.5. The molecule has 0 bridgehead atoms. The van der Waals surface area contributed by atoms with Crippen LogP contribution in [0.5, 0.6) is 17.2 Å². The molecule has 2 fully saturated rings. The highest BCUT2D eigenvalue weighted by Gasteiger charge is 2.43. The van der Waals surface area contributed by atoms with Crippen LogP contribution in [0.2, 0.25) is 0 Å². The van der Waals surface area contributed by atoms with Crippen molar-refractivity contribution < 1.29 is 28.5 Å². The first kappa shape index (κ1) is 35.4. The fraction of sp³-hybridized carbons (Fsp3) is 0.415. The topological polar surface area (TPSA) is 117 Å². The van der Waals surface area contributed by atoms with Crippen LogP contribution in [0.4, 0.5) is 5.95 Å². The predicted octanol–water partition coefficient (Wildman–Crippen LogP) is 6.20. The Bertz CT molecular complexity index is 1890. The summed E-state index contributed by atoms with van der Waals surface area (Å²) in [6.45, 7) is 4.43. The number of imidazole rings is 1. The van der Waals surface area contributed by atoms with Crippen molar-refractivity contribution in [3.63, 3.8) is 0 Å². The van der Waals surface area contributed by atoms with Gasteiger partial charge in [-0.2, -0.15) is 0 Å². The maximum Gasteiger partial charge on any atom is 0.223 e. The standard InChI is InChI=1S/C41H49N5O6/c1-49-36-21-30(22-37(50-2)39(36)51-3)25-45-28-41(24-38(45)48,23-29-9-5-4-6-10-29)17-20-44-18-15-31(16-19-44)46(26-32-13-14-33(27-47)52-32)40-42-34-11-7-8-12-35(34)43-40/h4-14,21-22,31,47H,15-20,23-28H2,1-3H3,(H,42,43). The number of piperidine rings is 1. The summed E-state index contributed by atoms with van der Waals surface area (Å²) in [5.74, 6) is 4.08. The maximum atomic E-state index is 13.7. The second-order valence-corrected chi connectivity index (χ2v) is 14.2. The van der Waals surface area contributed by atoms with E-state index >= 15 is 0 Å². The number of nitrogens with one attached hydrogen (secondary N) is 1. The average molecular weight is 708 g/mol. The molecule has 7 rings (SSSR count). The van der Waals surface area contributed by atoms with Gasteiger partial charge in [0.1, 0.15) is 18.1 Å². The zero-order valence-electron chi connectivity index (χ0n) is 30.3. The van der Waals surface area contributed by atoms with Crippen molar-refractivity contribution in [2.45, 2.75) is 57.8 Å². The van der Waals surface area contributed by atoms with Crippen molar-refractivity contribution in [2.24, 2.45) is 5.41 Å². The van der Waals surface area contributed by atoms with E-state index < -0.39 is 0 Å². The number of aromatic nitrogens is 2. The Labute approximate surface area is 305 Å². The van der Waals surface area contributed by atoms with Gasteiger partial charge in [-0.25, -0.2) is 4.98 Å². The van der Waals surface area contributed by atoms with Gasteiger partial charge in [0.2, 0.25) is 17.6 Å². The molecule has 52 heavy (non-hydrogen) atoms. The number of aromatic amines is 1. The lowest BCUT2D eigenvalue weighted by molar-refractivity contribution is -0.128. The monoisotopic (exact) mass is 707 g/mol. The van der Waals surface area contributed by atoms with Gasteiger partial charge in [0.05, 0.1) is 38.9 Å². The third kappa shape index (κ3) is 7.75. The number of aliphatic hydroxyl groups excluding tert-OH is 1. The van der Waals surface area contributed by atoms with Crippen molar-refractivity contribution in [3.8, 4) is 17.2 Å². The van der Waals surface area contributed by atoms with E-state index in [-0.39, 0.29) is 24.0 Å². The van der Waals surface area contributed by atoms with Gasteiger partial charge in [-0.05, 0) is 79.8 Å². The number of nitrogens with zero attached hydrogens (tertiary/aromatic N) is 4. The van der Waals surface area contributed by atoms with Crippen LogP contribution in [0, 0.1) is 5.41 Å². The van der Waals surface area contributed by atoms with E-state index in [0.717, 1.165) is 73.6 Å². The fourth-order valence-electron chi connectivity index (χ4n) is 8.04. The highest BCUT2D eigenvalue weighted by molar-refractivity contribution is 5.80. The molecule has 2 N–H and O–H groups in total. The molecule has 0 aliphatic carbocycles. The molecular weight excluding hydrogens is 658 g/mol. The number of ether oxygens (including phenoxy) is 3. The molecule has 5 aromatic rings. The number of rotatable bonds is 15. The molecule has 0 saturated carbocycles. The van der Waals surface area contributed by atoms with Gasteiger partial charge in [-0.1, -0.05) is 42.5 Å². The Kier molecular flexibility index (Phi) is 10.7. The zero-order chi connectivity index (χ0) is 36.1. The van der Waals surface area contributed by atoms with Gasteiger partial charge >= 0.3 is 0 Å². The lowest BCUT2D eigenvalue weighted by Gasteiger charge is -2.39. The number of para-hydroxylation sites is 2. The highest BCUT2D eigenvalue weighted by Crippen LogP contribution is 2.42. The minimum absolute atomic E-state index is 0.122. The van der Waals surface area contributed by atoms with E-state index in [1.165, 1.54) is 5.56 Å². The summed E-state index contributed by atoms with van der Waals surface area (Å²) < 4.78 is 22.6. The number of anilines is 1. The molecule has 4 heterocycles. The van der Waals surface area contributed by atoms with Gasteiger partial charge in [0.15, 0.2) is 11.5 Å². The number of furan rings is 1. The summed E-state index contributed by atoms with van der Waals surface area (Å²) in [5.41, 5.74) is 3.96. The van der Waals surface area contributed by atoms with Crippen molar-refractivity contribution in [1.29, 1.82) is 0 Å². The van der Waals surface area contributed by atoms with Crippen molar-refractivity contribution in [3.05, 3.63) is 102 Å². The van der Waals surface area contributed by atoms with E-state index in [4.69, 9.17) is 23.6 Å². The van der Waals surface area contributed by atoms with Crippen LogP contribution in [0.15, 0.2) is 83.3 Å². The summed E-state index contributed by atoms with van der Waals surface area (Å²) in [7, 11) is 4.81. The second-order valence-electron chi connectivity index (χ2n) is 14.2. The quantitative estimate of drug-likeness (QED) is 0.131. The first-order chi connectivity index (χ1) is 25.4. The summed E-state index contributed by atoms with van der Waals surface area (Å²) in [6.07, 6.45) is 4.24. The molecular formula is C41H49N5O6. The Hall–Kier alpha value is -5.00. The lowest BCUT2D eigenvalue weighted by Crippen LogP contribution is -2.46. The summed E-state index contributed by atoms with van der Waals surface area (Å²) >= 11 is 0. The molecule has 11 nitrogen and oxygen atoms in total. The minimum Gasteiger partial charge on any atom is -0.493 e. The summed E-state index contributed by atoms with van der Waals surface area (Å²) in [6, 6.07) is 26.6. The second kappa shape index (κ2) is 15.7. The van der Waals surface area contributed by atoms with E-state index in [2.05, 4.69) is 39.0 Å². The van der Waals surface area contributed by atoms with Gasteiger partial charge < -0.3 is 43.4 Å². The molecule has 0 radical (unpaired) electrons. The number of amides is 1. The molecule has 2 aliphatic rings. The van der Waals surface area contributed by atoms with Crippen LogP contribution < -0.4 is 19.1 Å². The van der Waals surface area contributed by atoms with Crippen LogP contribution >= 0.6 is 0 Å². The number of aliphatic hydroxyl groups is 1. The Morgan fingerprint density at radius 3 is 2.31 bits per heavy atom. The number of benzene rings is 3. The molecule has 2 saturated heterocycles. The van der Waals surface area contributed by atoms with Gasteiger partial charge in [0, 0.05) is 44.1 Å². The molecule has 3 aromatic carbocycles. The lowest BCUT2D eigenvalue weighted by atomic mass is 9.77. The number of hydrogen-bond donors (Lipinski definition) is 2. The number of methoxy groups -OCH3 is 3. The average Bonchev–Trinajstić information content (AvgIpc) is 3.90. The van der Waals surface area contributed by atoms with Crippen molar-refractivity contribution in [1.82, 2.24) is 19.8 Å². The van der Waals surface area contributed by atoms with Crippen LogP contribution in [0.25, 0.3) is 11.0 Å². The van der Waals surface area contributed by atoms with E-state index in [1.54, 1.807) is 21.3 Å². The fourth-order valence-corrected chi connectivity index (χ4v) is 8.04. The minimum atomic E-state index is -0.181. The molecule has 1 amide bonds. The first-order valence-corrected chi connectivity index (χ1v) is 18.1. The molecule has 2 aromatic heterocycles. The Balaban J connectivity index is 1.04. The largest absolute Gasteiger partial charge is 0.493 e. The van der Waals surface area contributed by atoms with Gasteiger partial charge in [0.25, 0.3) is 0 Å². The van der Waals surface area contributed by atoms with Gasteiger partial charge in [-0.3, -0.25) is 4.79 Å². The smallest absolute Gasteiger partial charge is 0.223 e. The third-order valence-electron chi connectivity index (χ3n) is 10.7. The van der Waals surface area contributed by atoms with E-state index in [9.17, 15) is 9.90 Å². The molecule has 1 unspecified atom stereocenters. The number of likely N-dealkylation sites (tertiary alicyclic amines) is 2. The zero-order valence-corrected chi connectivity index (χ0v) is 30.3. The maximum absolute atomic E-state index is 13.7. The van der Waals surface area contributed by atoms with E-state index in [1.807, 2.05) is 59.5 Å². The number of H-pyrrole nitrogens is 1. The summed E-state index contributed by atoms with van der Waals surface area (Å²) in [5, 5.41) is 9.59. The third-order valence-corrected chi connectivity index (χ3v) is 10.7. The molecule has 274 valence electrons. The summed E-state index contributed by atoms with van der Waals surface area (Å²) in [4.78, 5) is 29.1. The van der Waals surface area contributed by atoms with E-state index in [0.29, 0.717) is 49.1 Å². The van der Waals surface area contributed by atoms with Crippen LogP contribution in [0.1, 0.15) is 48.3 Å². The molecule has 11 heteroatoms. The van der Waals surface area contributed by atoms with Crippen LogP contribution in [-0.2, 0) is 30.9 Å². The SMILES string of the molecule is COc1cc(CN2CC(CCN3CCC(N(Cc4ccc(CO)o4)c4nc5ccccc5[nH]4)CC3)(Cc3ccccc3)CC2=O)cc(OC)c1OC. The number of carbonyl (C=O) groups is 1. The van der Waals surface area contributed by atoms with Gasteiger partial charge in [-0.15, -0.1) is 0 Å². The molecule has 1 atom stereocenters. The number of carbonyl (C=O) groups excluding carboxylic acids is 1.